The minimum atomic E-state index is 0.392. The molecule has 0 amide bonds. The van der Waals surface area contributed by atoms with E-state index in [0.717, 1.165) is 25.7 Å². The summed E-state index contributed by atoms with van der Waals surface area (Å²) in [5.41, 5.74) is 0. The Labute approximate surface area is 101 Å². The van der Waals surface area contributed by atoms with Crippen molar-refractivity contribution in [1.29, 1.82) is 0 Å². The minimum absolute atomic E-state index is 0.392. The van der Waals surface area contributed by atoms with Crippen molar-refractivity contribution < 1.29 is 4.79 Å². The third kappa shape index (κ3) is 11.3. The van der Waals surface area contributed by atoms with Gasteiger partial charge in [-0.3, -0.25) is 4.79 Å². The van der Waals surface area contributed by atoms with Crippen molar-refractivity contribution in [3.63, 3.8) is 0 Å². The zero-order valence-electron chi connectivity index (χ0n) is 10.8. The van der Waals surface area contributed by atoms with Crippen molar-refractivity contribution in [2.45, 2.75) is 77.6 Å². The highest BCUT2D eigenvalue weighted by Gasteiger charge is 2.00. The van der Waals surface area contributed by atoms with Crippen molar-refractivity contribution in [2.75, 3.05) is 0 Å². The number of hydrogen-bond acceptors (Lipinski definition) is 1. The molecule has 0 aliphatic heterocycles. The number of carbonyl (C=O) groups is 1. The van der Waals surface area contributed by atoms with Crippen molar-refractivity contribution in [1.82, 2.24) is 0 Å². The molecule has 92 valence electrons. The Morgan fingerprint density at radius 1 is 0.938 bits per heavy atom. The quantitative estimate of drug-likeness (QED) is 0.371. The van der Waals surface area contributed by atoms with Crippen LogP contribution in [-0.4, -0.2) is 5.78 Å². The Bertz CT molecular complexity index is 200. The van der Waals surface area contributed by atoms with Crippen molar-refractivity contribution in [3.8, 4) is 12.3 Å². The van der Waals surface area contributed by atoms with Gasteiger partial charge in [-0.1, -0.05) is 45.4 Å². The van der Waals surface area contributed by atoms with Crippen molar-refractivity contribution in [3.05, 3.63) is 0 Å². The van der Waals surface area contributed by atoms with E-state index in [1.54, 1.807) is 0 Å². The highest BCUT2D eigenvalue weighted by Crippen LogP contribution is 2.09. The largest absolute Gasteiger partial charge is 0.300 e. The summed E-state index contributed by atoms with van der Waals surface area (Å²) >= 11 is 0. The van der Waals surface area contributed by atoms with E-state index in [2.05, 4.69) is 12.8 Å². The molecular formula is C15H26O. The first-order chi connectivity index (χ1) is 7.81. The summed E-state index contributed by atoms with van der Waals surface area (Å²) in [6.45, 7) is 2.23. The molecule has 0 aliphatic carbocycles. The second kappa shape index (κ2) is 12.3. The van der Waals surface area contributed by atoms with E-state index < -0.39 is 0 Å². The summed E-state index contributed by atoms with van der Waals surface area (Å²) in [6.07, 6.45) is 17.1. The predicted octanol–water partition coefficient (Wildman–Crippen LogP) is 4.50. The summed E-state index contributed by atoms with van der Waals surface area (Å²) in [4.78, 5) is 11.4. The molecule has 16 heavy (non-hydrogen) atoms. The van der Waals surface area contributed by atoms with Gasteiger partial charge in [0, 0.05) is 19.3 Å². The Morgan fingerprint density at radius 2 is 1.50 bits per heavy atom. The van der Waals surface area contributed by atoms with E-state index in [4.69, 9.17) is 6.42 Å². The molecule has 0 aromatic heterocycles. The van der Waals surface area contributed by atoms with Gasteiger partial charge in [0.2, 0.25) is 0 Å². The molecule has 0 bridgehead atoms. The fourth-order valence-electron chi connectivity index (χ4n) is 1.79. The lowest BCUT2D eigenvalue weighted by molar-refractivity contribution is -0.119. The number of hydrogen-bond donors (Lipinski definition) is 0. The number of ketones is 1. The fourth-order valence-corrected chi connectivity index (χ4v) is 1.79. The average Bonchev–Trinajstić information content (AvgIpc) is 2.28. The summed E-state index contributed by atoms with van der Waals surface area (Å²) in [5.74, 6) is 2.96. The van der Waals surface area contributed by atoms with Crippen LogP contribution < -0.4 is 0 Å². The maximum Gasteiger partial charge on any atom is 0.132 e. The zero-order valence-corrected chi connectivity index (χ0v) is 10.8. The lowest BCUT2D eigenvalue weighted by Gasteiger charge is -2.01. The predicted molar refractivity (Wildman–Crippen MR) is 70.3 cm³/mol. The highest BCUT2D eigenvalue weighted by atomic mass is 16.1. The number of terminal acetylenes is 1. The van der Waals surface area contributed by atoms with Gasteiger partial charge < -0.3 is 0 Å². The summed E-state index contributed by atoms with van der Waals surface area (Å²) in [5, 5.41) is 0. The van der Waals surface area contributed by atoms with E-state index in [-0.39, 0.29) is 0 Å². The molecule has 0 heterocycles. The zero-order chi connectivity index (χ0) is 12.1. The first-order valence-electron chi connectivity index (χ1n) is 6.76. The molecule has 0 radical (unpaired) electrons. The molecular weight excluding hydrogens is 196 g/mol. The van der Waals surface area contributed by atoms with Crippen LogP contribution in [0.2, 0.25) is 0 Å². The van der Waals surface area contributed by atoms with Gasteiger partial charge in [0.1, 0.15) is 5.78 Å². The lowest BCUT2D eigenvalue weighted by Crippen LogP contribution is -1.97. The van der Waals surface area contributed by atoms with Gasteiger partial charge in [0.25, 0.3) is 0 Å². The van der Waals surface area contributed by atoms with Gasteiger partial charge in [-0.15, -0.1) is 12.3 Å². The normalized spacial score (nSPS) is 10.0. The third-order valence-electron chi connectivity index (χ3n) is 2.84. The highest BCUT2D eigenvalue weighted by molar-refractivity contribution is 5.78. The molecule has 1 nitrogen and oxygen atoms in total. The fraction of sp³-hybridized carbons (Fsp3) is 0.800. The second-order valence-electron chi connectivity index (χ2n) is 4.47. The summed E-state index contributed by atoms with van der Waals surface area (Å²) < 4.78 is 0. The van der Waals surface area contributed by atoms with Crippen LogP contribution in [0.4, 0.5) is 0 Å². The maximum atomic E-state index is 11.4. The van der Waals surface area contributed by atoms with Gasteiger partial charge in [0.05, 0.1) is 0 Å². The number of Topliss-reactive ketones (excluding diaryl/α,β-unsaturated/α-hetero) is 1. The van der Waals surface area contributed by atoms with Gasteiger partial charge in [-0.25, -0.2) is 0 Å². The van der Waals surface area contributed by atoms with Gasteiger partial charge in [-0.2, -0.15) is 0 Å². The van der Waals surface area contributed by atoms with Crippen LogP contribution in [0.5, 0.6) is 0 Å². The Morgan fingerprint density at radius 3 is 2.12 bits per heavy atom. The van der Waals surface area contributed by atoms with Crippen LogP contribution in [-0.2, 0) is 4.79 Å². The molecule has 0 spiro atoms. The summed E-state index contributed by atoms with van der Waals surface area (Å²) in [6, 6.07) is 0. The molecule has 0 aliphatic rings. The Balaban J connectivity index is 3.12. The van der Waals surface area contributed by atoms with E-state index >= 15 is 0 Å². The van der Waals surface area contributed by atoms with Crippen LogP contribution in [0.1, 0.15) is 77.6 Å². The first kappa shape index (κ1) is 15.2. The number of unbranched alkanes of at least 4 members (excludes halogenated alkanes) is 7. The maximum absolute atomic E-state index is 11.4. The Kier molecular flexibility index (Phi) is 11.7. The molecule has 0 aromatic carbocycles. The van der Waals surface area contributed by atoms with E-state index in [1.165, 1.54) is 38.5 Å². The van der Waals surface area contributed by atoms with Gasteiger partial charge in [0.15, 0.2) is 0 Å². The van der Waals surface area contributed by atoms with Crippen molar-refractivity contribution >= 4 is 5.78 Å². The molecule has 1 heteroatoms. The second-order valence-corrected chi connectivity index (χ2v) is 4.47. The number of rotatable bonds is 11. The average molecular weight is 222 g/mol. The molecule has 0 saturated heterocycles. The van der Waals surface area contributed by atoms with Gasteiger partial charge in [-0.05, 0) is 12.8 Å². The smallest absolute Gasteiger partial charge is 0.132 e. The Hall–Kier alpha value is -0.770. The number of carbonyl (C=O) groups excluding carboxylic acids is 1. The monoisotopic (exact) mass is 222 g/mol. The van der Waals surface area contributed by atoms with Crippen LogP contribution in [0.25, 0.3) is 0 Å². The van der Waals surface area contributed by atoms with E-state index in [1.807, 2.05) is 0 Å². The first-order valence-corrected chi connectivity index (χ1v) is 6.76. The molecule has 0 unspecified atom stereocenters. The molecule has 0 atom stereocenters. The van der Waals surface area contributed by atoms with E-state index in [0.29, 0.717) is 12.2 Å². The van der Waals surface area contributed by atoms with Crippen LogP contribution in [0.3, 0.4) is 0 Å². The topological polar surface area (TPSA) is 17.1 Å². The molecule has 0 aromatic rings. The SMILES string of the molecule is C#CCCCC(=O)CCCCCCCCC. The van der Waals surface area contributed by atoms with E-state index in [9.17, 15) is 4.79 Å². The lowest BCUT2D eigenvalue weighted by atomic mass is 10.0. The van der Waals surface area contributed by atoms with Crippen LogP contribution in [0, 0.1) is 12.3 Å². The van der Waals surface area contributed by atoms with Gasteiger partial charge >= 0.3 is 0 Å². The molecule has 0 fully saturated rings. The molecule has 0 saturated carbocycles. The minimum Gasteiger partial charge on any atom is -0.300 e. The van der Waals surface area contributed by atoms with Crippen LogP contribution >= 0.6 is 0 Å². The third-order valence-corrected chi connectivity index (χ3v) is 2.84. The van der Waals surface area contributed by atoms with Crippen molar-refractivity contribution in [2.24, 2.45) is 0 Å². The molecule has 0 rings (SSSR count). The molecule has 0 N–H and O–H groups in total. The summed E-state index contributed by atoms with van der Waals surface area (Å²) in [7, 11) is 0. The standard InChI is InChI=1S/C15H26O/c1-3-5-7-8-9-10-12-14-15(16)13-11-6-4-2/h2H,3,5-14H2,1H3. The van der Waals surface area contributed by atoms with Crippen LogP contribution in [0.15, 0.2) is 0 Å².